The zero-order valence-electron chi connectivity index (χ0n) is 10.7. The van der Waals surface area contributed by atoms with E-state index in [2.05, 4.69) is 26.6 Å². The number of urea groups is 1. The summed E-state index contributed by atoms with van der Waals surface area (Å²) in [5.74, 6) is -0.506. The number of amides is 2. The van der Waals surface area contributed by atoms with E-state index < -0.39 is 11.8 Å². The first-order valence-electron chi connectivity index (χ1n) is 5.91. The molecule has 0 aliphatic heterocycles. The van der Waals surface area contributed by atoms with Gasteiger partial charge in [-0.2, -0.15) is 0 Å². The van der Waals surface area contributed by atoms with Gasteiger partial charge in [0.15, 0.2) is 0 Å². The second kappa shape index (κ2) is 6.89. The van der Waals surface area contributed by atoms with Gasteiger partial charge in [0.25, 0.3) is 0 Å². The molecule has 4 nitrogen and oxygen atoms in total. The summed E-state index contributed by atoms with van der Waals surface area (Å²) in [6.45, 7) is -0.307. The van der Waals surface area contributed by atoms with E-state index in [4.69, 9.17) is 16.7 Å². The Morgan fingerprint density at radius 3 is 2.67 bits per heavy atom. The summed E-state index contributed by atoms with van der Waals surface area (Å²) < 4.78 is 13.9. The van der Waals surface area contributed by atoms with Crippen LogP contribution in [0.15, 0.2) is 40.9 Å². The van der Waals surface area contributed by atoms with Crippen LogP contribution in [0, 0.1) is 5.82 Å². The molecule has 0 aromatic heterocycles. The first kappa shape index (κ1) is 15.8. The van der Waals surface area contributed by atoms with Crippen LogP contribution in [0.1, 0.15) is 5.56 Å². The summed E-state index contributed by atoms with van der Waals surface area (Å²) in [7, 11) is 0. The Hall–Kier alpha value is -1.63. The third-order valence-electron chi connectivity index (χ3n) is 2.61. The molecule has 0 radical (unpaired) electrons. The van der Waals surface area contributed by atoms with Gasteiger partial charge in [0.05, 0.1) is 12.3 Å². The van der Waals surface area contributed by atoms with Crippen molar-refractivity contribution in [1.82, 2.24) is 0 Å². The second-order valence-corrected chi connectivity index (χ2v) is 5.55. The van der Waals surface area contributed by atoms with Gasteiger partial charge in [-0.05, 0) is 30.3 Å². The van der Waals surface area contributed by atoms with Gasteiger partial charge in [-0.25, -0.2) is 9.18 Å². The summed E-state index contributed by atoms with van der Waals surface area (Å²) in [4.78, 5) is 11.9. The number of nitrogens with one attached hydrogen (secondary N) is 2. The SMILES string of the molecule is O=C(Nc1cc(Cl)cc(Br)c1)Nc1cc(F)ccc1CO. The molecular formula is C14H11BrClFN2O2. The lowest BCUT2D eigenvalue weighted by atomic mass is 10.2. The van der Waals surface area contributed by atoms with Gasteiger partial charge in [-0.3, -0.25) is 0 Å². The molecule has 110 valence electrons. The van der Waals surface area contributed by atoms with Crippen LogP contribution in [0.2, 0.25) is 5.02 Å². The van der Waals surface area contributed by atoms with Gasteiger partial charge < -0.3 is 15.7 Å². The molecule has 7 heteroatoms. The molecule has 3 N–H and O–H groups in total. The highest BCUT2D eigenvalue weighted by Gasteiger charge is 2.08. The van der Waals surface area contributed by atoms with E-state index in [-0.39, 0.29) is 12.3 Å². The third-order valence-corrected chi connectivity index (χ3v) is 3.29. The molecule has 2 aromatic carbocycles. The van der Waals surface area contributed by atoms with Crippen molar-refractivity contribution < 1.29 is 14.3 Å². The predicted molar refractivity (Wildman–Crippen MR) is 84.1 cm³/mol. The van der Waals surface area contributed by atoms with Gasteiger partial charge in [-0.1, -0.05) is 33.6 Å². The van der Waals surface area contributed by atoms with Gasteiger partial charge >= 0.3 is 6.03 Å². The number of benzene rings is 2. The molecule has 0 saturated heterocycles. The van der Waals surface area contributed by atoms with Gasteiger partial charge in [0.1, 0.15) is 5.82 Å². The molecule has 0 aliphatic rings. The maximum absolute atomic E-state index is 13.2. The van der Waals surface area contributed by atoms with Gasteiger partial charge in [-0.15, -0.1) is 0 Å². The Balaban J connectivity index is 2.13. The number of carbonyl (C=O) groups excluding carboxylic acids is 1. The maximum atomic E-state index is 13.2. The number of anilines is 2. The molecule has 0 saturated carbocycles. The minimum Gasteiger partial charge on any atom is -0.392 e. The van der Waals surface area contributed by atoms with Crippen LogP contribution >= 0.6 is 27.5 Å². The van der Waals surface area contributed by atoms with E-state index >= 15 is 0 Å². The van der Waals surface area contributed by atoms with Crippen molar-refractivity contribution in [2.24, 2.45) is 0 Å². The smallest absolute Gasteiger partial charge is 0.323 e. The lowest BCUT2D eigenvalue weighted by Gasteiger charge is -2.11. The number of halogens is 3. The van der Waals surface area contributed by atoms with Crippen LogP contribution in [0.3, 0.4) is 0 Å². The second-order valence-electron chi connectivity index (χ2n) is 4.20. The molecule has 0 aliphatic carbocycles. The average molecular weight is 374 g/mol. The minimum absolute atomic E-state index is 0.205. The zero-order chi connectivity index (χ0) is 15.4. The lowest BCUT2D eigenvalue weighted by molar-refractivity contribution is 0.262. The van der Waals surface area contributed by atoms with Crippen LogP contribution in [0.5, 0.6) is 0 Å². The molecule has 0 heterocycles. The highest BCUT2D eigenvalue weighted by atomic mass is 79.9. The Labute approximate surface area is 134 Å². The molecule has 2 amide bonds. The van der Waals surface area contributed by atoms with Crippen LogP contribution in [0.4, 0.5) is 20.6 Å². The fraction of sp³-hybridized carbons (Fsp3) is 0.0714. The van der Waals surface area contributed by atoms with Crippen molar-refractivity contribution >= 4 is 44.9 Å². The number of rotatable bonds is 3. The van der Waals surface area contributed by atoms with Crippen molar-refractivity contribution in [3.8, 4) is 0 Å². The van der Waals surface area contributed by atoms with Gasteiger partial charge in [0.2, 0.25) is 0 Å². The summed E-state index contributed by atoms with van der Waals surface area (Å²) in [6.07, 6.45) is 0. The van der Waals surface area contributed by atoms with E-state index in [0.29, 0.717) is 20.7 Å². The molecule has 2 rings (SSSR count). The van der Waals surface area contributed by atoms with Crippen molar-refractivity contribution in [2.45, 2.75) is 6.61 Å². The molecule has 2 aromatic rings. The van der Waals surface area contributed by atoms with Crippen molar-refractivity contribution in [1.29, 1.82) is 0 Å². The highest BCUT2D eigenvalue weighted by Crippen LogP contribution is 2.23. The Kier molecular flexibility index (Phi) is 5.17. The number of carbonyl (C=O) groups is 1. The summed E-state index contributed by atoms with van der Waals surface area (Å²) in [5, 5.41) is 14.7. The van der Waals surface area contributed by atoms with E-state index in [9.17, 15) is 9.18 Å². The largest absolute Gasteiger partial charge is 0.392 e. The van der Waals surface area contributed by atoms with E-state index in [0.717, 1.165) is 6.07 Å². The molecule has 0 unspecified atom stereocenters. The van der Waals surface area contributed by atoms with E-state index in [1.54, 1.807) is 18.2 Å². The Morgan fingerprint density at radius 2 is 2.00 bits per heavy atom. The van der Waals surface area contributed by atoms with Crippen molar-refractivity contribution in [2.75, 3.05) is 10.6 Å². The van der Waals surface area contributed by atoms with Crippen molar-refractivity contribution in [3.05, 3.63) is 57.3 Å². The number of aliphatic hydroxyl groups is 1. The van der Waals surface area contributed by atoms with E-state index in [1.165, 1.54) is 12.1 Å². The first-order chi connectivity index (χ1) is 9.97. The van der Waals surface area contributed by atoms with Gasteiger partial charge in [0, 0.05) is 20.7 Å². The number of hydrogen-bond donors (Lipinski definition) is 3. The molecule has 0 fully saturated rings. The summed E-state index contributed by atoms with van der Waals surface area (Å²) in [6, 6.07) is 8.11. The van der Waals surface area contributed by atoms with Crippen LogP contribution in [-0.4, -0.2) is 11.1 Å². The monoisotopic (exact) mass is 372 g/mol. The molecule has 0 spiro atoms. The van der Waals surface area contributed by atoms with E-state index in [1.807, 2.05) is 0 Å². The van der Waals surface area contributed by atoms with Crippen LogP contribution < -0.4 is 10.6 Å². The first-order valence-corrected chi connectivity index (χ1v) is 7.08. The average Bonchev–Trinajstić information content (AvgIpc) is 2.37. The summed E-state index contributed by atoms with van der Waals surface area (Å²) in [5.41, 5.74) is 1.10. The normalized spacial score (nSPS) is 10.3. The Bertz CT molecular complexity index is 662. The van der Waals surface area contributed by atoms with Crippen molar-refractivity contribution in [3.63, 3.8) is 0 Å². The molecule has 0 bridgehead atoms. The number of hydrogen-bond acceptors (Lipinski definition) is 2. The Morgan fingerprint density at radius 1 is 1.24 bits per heavy atom. The zero-order valence-corrected chi connectivity index (χ0v) is 13.0. The topological polar surface area (TPSA) is 61.4 Å². The maximum Gasteiger partial charge on any atom is 0.323 e. The number of aliphatic hydroxyl groups excluding tert-OH is 1. The fourth-order valence-electron chi connectivity index (χ4n) is 1.71. The quantitative estimate of drug-likeness (QED) is 0.748. The highest BCUT2D eigenvalue weighted by molar-refractivity contribution is 9.10. The van der Waals surface area contributed by atoms with Crippen LogP contribution in [0.25, 0.3) is 0 Å². The third kappa shape index (κ3) is 4.42. The fourth-order valence-corrected chi connectivity index (χ4v) is 2.57. The molecule has 21 heavy (non-hydrogen) atoms. The minimum atomic E-state index is -0.565. The standard InChI is InChI=1S/C14H11BrClFN2O2/c15-9-3-10(16)5-12(4-9)18-14(21)19-13-6-11(17)2-1-8(13)7-20/h1-6,20H,7H2,(H2,18,19,21). The molecular weight excluding hydrogens is 363 g/mol. The van der Waals surface area contributed by atoms with Crippen LogP contribution in [-0.2, 0) is 6.61 Å². The predicted octanol–water partition coefficient (Wildman–Crippen LogP) is 4.38. The lowest BCUT2D eigenvalue weighted by Crippen LogP contribution is -2.20. The molecule has 0 atom stereocenters. The summed E-state index contributed by atoms with van der Waals surface area (Å²) >= 11 is 9.14.